The van der Waals surface area contributed by atoms with Crippen LogP contribution in [0, 0.1) is 13.8 Å². The molecule has 2 aromatic carbocycles. The van der Waals surface area contributed by atoms with Crippen LogP contribution in [0.1, 0.15) is 29.5 Å². The summed E-state index contributed by atoms with van der Waals surface area (Å²) in [5.74, 6) is 0.326. The Morgan fingerprint density at radius 2 is 1.77 bits per heavy atom. The van der Waals surface area contributed by atoms with Crippen molar-refractivity contribution in [3.8, 4) is 5.75 Å². The van der Waals surface area contributed by atoms with Gasteiger partial charge in [0.25, 0.3) is 0 Å². The minimum atomic E-state index is -0.414. The average Bonchev–Trinajstić information content (AvgIpc) is 2.62. The molecule has 0 radical (unpaired) electrons. The van der Waals surface area contributed by atoms with Crippen molar-refractivity contribution in [3.05, 3.63) is 65.2 Å². The Hall–Kier alpha value is -2.82. The van der Waals surface area contributed by atoms with E-state index in [4.69, 9.17) is 10.5 Å². The molecule has 0 aliphatic rings. The number of hydrogen-bond donors (Lipinski definition) is 1. The van der Waals surface area contributed by atoms with Crippen LogP contribution in [0.5, 0.6) is 5.75 Å². The number of carbonyl (C=O) groups excluding carboxylic acids is 2. The summed E-state index contributed by atoms with van der Waals surface area (Å²) in [5.41, 5.74) is 8.41. The van der Waals surface area contributed by atoms with Gasteiger partial charge in [0.15, 0.2) is 0 Å². The Kier molecular flexibility index (Phi) is 7.21. The van der Waals surface area contributed by atoms with Crippen molar-refractivity contribution in [3.63, 3.8) is 0 Å². The van der Waals surface area contributed by atoms with Gasteiger partial charge in [-0.1, -0.05) is 42.5 Å². The molecule has 0 saturated heterocycles. The molecule has 2 aromatic rings. The molecule has 0 unspecified atom stereocenters. The van der Waals surface area contributed by atoms with Crippen LogP contribution in [0.3, 0.4) is 0 Å². The lowest BCUT2D eigenvalue weighted by Crippen LogP contribution is -2.34. The van der Waals surface area contributed by atoms with E-state index in [1.54, 1.807) is 4.90 Å². The Morgan fingerprint density at radius 1 is 1.04 bits per heavy atom. The number of ether oxygens (including phenoxy) is 1. The summed E-state index contributed by atoms with van der Waals surface area (Å²) in [6.07, 6.45) is 0.398. The number of benzene rings is 2. The second kappa shape index (κ2) is 9.61. The number of primary amides is 1. The molecule has 0 aliphatic heterocycles. The molecule has 0 saturated carbocycles. The van der Waals surface area contributed by atoms with Gasteiger partial charge in [0.1, 0.15) is 5.75 Å². The van der Waals surface area contributed by atoms with E-state index in [2.05, 4.69) is 0 Å². The van der Waals surface area contributed by atoms with Crippen LogP contribution in [0.25, 0.3) is 0 Å². The topological polar surface area (TPSA) is 72.6 Å². The van der Waals surface area contributed by atoms with E-state index < -0.39 is 5.91 Å². The molecular weight excluding hydrogens is 328 g/mol. The first-order valence-electron chi connectivity index (χ1n) is 8.76. The predicted octanol–water partition coefficient (Wildman–Crippen LogP) is 2.98. The molecule has 2 amide bonds. The predicted molar refractivity (Wildman–Crippen MR) is 102 cm³/mol. The number of rotatable bonds is 9. The third-order valence-corrected chi connectivity index (χ3v) is 4.11. The highest BCUT2D eigenvalue weighted by molar-refractivity contribution is 5.78. The summed E-state index contributed by atoms with van der Waals surface area (Å²) in [6.45, 7) is 5.04. The number of nitrogens with two attached hydrogens (primary N) is 1. The van der Waals surface area contributed by atoms with E-state index in [1.165, 1.54) is 0 Å². The SMILES string of the molecule is Cc1ccc(C)c(OCCC(=O)N(CCC(N)=O)Cc2ccccc2)c1. The van der Waals surface area contributed by atoms with Gasteiger partial charge in [-0.05, 0) is 36.6 Å². The summed E-state index contributed by atoms with van der Waals surface area (Å²) in [5, 5.41) is 0. The Morgan fingerprint density at radius 3 is 2.46 bits per heavy atom. The molecule has 0 spiro atoms. The normalized spacial score (nSPS) is 10.4. The molecule has 0 fully saturated rings. The Balaban J connectivity index is 1.94. The third-order valence-electron chi connectivity index (χ3n) is 4.11. The molecule has 2 N–H and O–H groups in total. The van der Waals surface area contributed by atoms with Gasteiger partial charge in [-0.2, -0.15) is 0 Å². The highest BCUT2D eigenvalue weighted by atomic mass is 16.5. The molecule has 2 rings (SSSR count). The van der Waals surface area contributed by atoms with Crippen molar-refractivity contribution in [1.82, 2.24) is 4.90 Å². The summed E-state index contributed by atoms with van der Waals surface area (Å²) in [7, 11) is 0. The molecule has 26 heavy (non-hydrogen) atoms. The molecular formula is C21H26N2O3. The van der Waals surface area contributed by atoms with Crippen molar-refractivity contribution >= 4 is 11.8 Å². The monoisotopic (exact) mass is 354 g/mol. The van der Waals surface area contributed by atoms with Crippen molar-refractivity contribution in [2.75, 3.05) is 13.2 Å². The van der Waals surface area contributed by atoms with Crippen LogP contribution in [0.2, 0.25) is 0 Å². The average molecular weight is 354 g/mol. The van der Waals surface area contributed by atoms with Gasteiger partial charge in [0.2, 0.25) is 11.8 Å². The minimum absolute atomic E-state index is 0.0552. The highest BCUT2D eigenvalue weighted by Crippen LogP contribution is 2.19. The fourth-order valence-electron chi connectivity index (χ4n) is 2.61. The summed E-state index contributed by atoms with van der Waals surface area (Å²) >= 11 is 0. The third kappa shape index (κ3) is 6.24. The van der Waals surface area contributed by atoms with Gasteiger partial charge >= 0.3 is 0 Å². The van der Waals surface area contributed by atoms with Gasteiger partial charge < -0.3 is 15.4 Å². The number of hydrogen-bond acceptors (Lipinski definition) is 3. The number of nitrogens with zero attached hydrogens (tertiary/aromatic N) is 1. The lowest BCUT2D eigenvalue weighted by atomic mass is 10.1. The maximum absolute atomic E-state index is 12.6. The molecule has 0 heterocycles. The molecule has 5 heteroatoms. The Labute approximate surface area is 154 Å². The van der Waals surface area contributed by atoms with Crippen molar-refractivity contribution in [2.45, 2.75) is 33.2 Å². The maximum Gasteiger partial charge on any atom is 0.226 e. The largest absolute Gasteiger partial charge is 0.493 e. The van der Waals surface area contributed by atoms with Gasteiger partial charge in [0.05, 0.1) is 13.0 Å². The van der Waals surface area contributed by atoms with E-state index in [-0.39, 0.29) is 18.7 Å². The Bertz CT molecular complexity index is 744. The van der Waals surface area contributed by atoms with Gasteiger partial charge in [-0.3, -0.25) is 9.59 Å². The van der Waals surface area contributed by atoms with E-state index in [0.29, 0.717) is 19.7 Å². The number of aryl methyl sites for hydroxylation is 2. The van der Waals surface area contributed by atoms with Crippen molar-refractivity contribution in [1.29, 1.82) is 0 Å². The minimum Gasteiger partial charge on any atom is -0.493 e. The number of carbonyl (C=O) groups is 2. The second-order valence-electron chi connectivity index (χ2n) is 6.38. The zero-order valence-electron chi connectivity index (χ0n) is 15.4. The van der Waals surface area contributed by atoms with E-state index in [9.17, 15) is 9.59 Å². The standard InChI is InChI=1S/C21H26N2O3/c1-16-8-9-17(2)19(14-16)26-13-11-21(25)23(12-10-20(22)24)15-18-6-4-3-5-7-18/h3-9,14H,10-13,15H2,1-2H3,(H2,22,24). The summed E-state index contributed by atoms with van der Waals surface area (Å²) in [6, 6.07) is 15.7. The second-order valence-corrected chi connectivity index (χ2v) is 6.38. The maximum atomic E-state index is 12.6. The van der Waals surface area contributed by atoms with E-state index in [1.807, 2.05) is 62.4 Å². The molecule has 0 atom stereocenters. The quantitative estimate of drug-likeness (QED) is 0.752. The molecule has 0 bridgehead atoms. The molecule has 0 aromatic heterocycles. The first-order valence-corrected chi connectivity index (χ1v) is 8.76. The van der Waals surface area contributed by atoms with Crippen LogP contribution >= 0.6 is 0 Å². The lowest BCUT2D eigenvalue weighted by Gasteiger charge is -2.22. The highest BCUT2D eigenvalue weighted by Gasteiger charge is 2.15. The van der Waals surface area contributed by atoms with Crippen LogP contribution in [0.15, 0.2) is 48.5 Å². The smallest absolute Gasteiger partial charge is 0.226 e. The first-order chi connectivity index (χ1) is 12.5. The summed E-state index contributed by atoms with van der Waals surface area (Å²) in [4.78, 5) is 25.4. The zero-order chi connectivity index (χ0) is 18.9. The number of amides is 2. The van der Waals surface area contributed by atoms with Gasteiger partial charge in [-0.15, -0.1) is 0 Å². The van der Waals surface area contributed by atoms with Gasteiger partial charge in [-0.25, -0.2) is 0 Å². The van der Waals surface area contributed by atoms with Crippen LogP contribution < -0.4 is 10.5 Å². The van der Waals surface area contributed by atoms with E-state index in [0.717, 1.165) is 22.4 Å². The van der Waals surface area contributed by atoms with Crippen LogP contribution in [-0.4, -0.2) is 29.9 Å². The van der Waals surface area contributed by atoms with Crippen LogP contribution in [-0.2, 0) is 16.1 Å². The molecule has 5 nitrogen and oxygen atoms in total. The van der Waals surface area contributed by atoms with Crippen molar-refractivity contribution < 1.29 is 14.3 Å². The van der Waals surface area contributed by atoms with E-state index >= 15 is 0 Å². The van der Waals surface area contributed by atoms with Crippen LogP contribution in [0.4, 0.5) is 0 Å². The van der Waals surface area contributed by atoms with Gasteiger partial charge in [0, 0.05) is 19.5 Å². The fraction of sp³-hybridized carbons (Fsp3) is 0.333. The zero-order valence-corrected chi connectivity index (χ0v) is 15.4. The fourth-order valence-corrected chi connectivity index (χ4v) is 2.61. The first kappa shape index (κ1) is 19.5. The molecule has 0 aliphatic carbocycles. The lowest BCUT2D eigenvalue weighted by molar-refractivity contribution is -0.132. The van der Waals surface area contributed by atoms with Crippen molar-refractivity contribution in [2.24, 2.45) is 5.73 Å². The molecule has 138 valence electrons. The summed E-state index contributed by atoms with van der Waals surface area (Å²) < 4.78 is 5.78.